The molecule has 0 aliphatic heterocycles. The van der Waals surface area contributed by atoms with E-state index >= 15 is 0 Å². The van der Waals surface area contributed by atoms with Crippen molar-refractivity contribution < 1.29 is 4.74 Å². The van der Waals surface area contributed by atoms with E-state index in [2.05, 4.69) is 29.7 Å². The molecule has 2 aromatic rings. The molecule has 0 amide bonds. The number of aryl methyl sites for hydroxylation is 1. The third-order valence-corrected chi connectivity index (χ3v) is 3.92. The van der Waals surface area contributed by atoms with Crippen molar-refractivity contribution in [3.8, 4) is 11.3 Å². The number of methoxy groups -OCH3 is 1. The number of hydrogen-bond donors (Lipinski definition) is 1. The van der Waals surface area contributed by atoms with Crippen LogP contribution in [0.4, 0.5) is 5.82 Å². The number of rotatable bonds is 6. The molecule has 3 rings (SSSR count). The van der Waals surface area contributed by atoms with Gasteiger partial charge in [0.05, 0.1) is 6.61 Å². The second kappa shape index (κ2) is 5.90. The van der Waals surface area contributed by atoms with Crippen LogP contribution in [-0.4, -0.2) is 16.7 Å². The third kappa shape index (κ3) is 2.81. The highest BCUT2D eigenvalue weighted by Gasteiger charge is 2.29. The summed E-state index contributed by atoms with van der Waals surface area (Å²) in [4.78, 5) is 4.83. The lowest BCUT2D eigenvalue weighted by Crippen LogP contribution is -2.05. The van der Waals surface area contributed by atoms with Gasteiger partial charge in [-0.15, -0.1) is 0 Å². The van der Waals surface area contributed by atoms with Crippen molar-refractivity contribution in [2.24, 2.45) is 0 Å². The van der Waals surface area contributed by atoms with Crippen molar-refractivity contribution in [2.75, 3.05) is 12.8 Å². The van der Waals surface area contributed by atoms with Crippen LogP contribution < -0.4 is 5.73 Å². The molecule has 21 heavy (non-hydrogen) atoms. The van der Waals surface area contributed by atoms with Gasteiger partial charge in [-0.25, -0.2) is 4.98 Å². The minimum atomic E-state index is 0.565. The van der Waals surface area contributed by atoms with E-state index in [1.54, 1.807) is 7.11 Å². The summed E-state index contributed by atoms with van der Waals surface area (Å²) in [5.41, 5.74) is 9.55. The van der Waals surface area contributed by atoms with E-state index in [0.29, 0.717) is 12.6 Å². The van der Waals surface area contributed by atoms with Gasteiger partial charge in [-0.3, -0.25) is 0 Å². The fraction of sp³-hybridized carbons (Fsp3) is 0.471. The minimum absolute atomic E-state index is 0.565. The van der Waals surface area contributed by atoms with Crippen molar-refractivity contribution in [1.82, 2.24) is 9.55 Å². The van der Waals surface area contributed by atoms with Gasteiger partial charge in [-0.2, -0.15) is 0 Å². The van der Waals surface area contributed by atoms with Crippen LogP contribution >= 0.6 is 0 Å². The van der Waals surface area contributed by atoms with E-state index in [9.17, 15) is 0 Å². The van der Waals surface area contributed by atoms with Crippen molar-refractivity contribution in [2.45, 2.75) is 45.3 Å². The van der Waals surface area contributed by atoms with Crippen molar-refractivity contribution in [3.05, 3.63) is 35.7 Å². The zero-order chi connectivity index (χ0) is 14.8. The summed E-state index contributed by atoms with van der Waals surface area (Å²) in [6.07, 6.45) is 4.52. The van der Waals surface area contributed by atoms with Gasteiger partial charge >= 0.3 is 0 Å². The molecule has 2 N–H and O–H groups in total. The standard InChI is InChI=1S/C17H23N3O/c1-3-5-15-19-16(17(18)20(15)14-8-9-14)13-7-4-6-12(10-13)11-21-2/h4,6-7,10,14H,3,5,8-9,11,18H2,1-2H3. The van der Waals surface area contributed by atoms with Gasteiger partial charge in [0, 0.05) is 25.1 Å². The molecule has 1 aromatic carbocycles. The monoisotopic (exact) mass is 285 g/mol. The normalized spacial score (nSPS) is 14.6. The lowest BCUT2D eigenvalue weighted by atomic mass is 10.1. The maximum Gasteiger partial charge on any atom is 0.131 e. The van der Waals surface area contributed by atoms with E-state index in [1.165, 1.54) is 12.8 Å². The summed E-state index contributed by atoms with van der Waals surface area (Å²) in [5.74, 6) is 1.94. The first-order chi connectivity index (χ1) is 10.2. The van der Waals surface area contributed by atoms with Crippen LogP contribution in [-0.2, 0) is 17.8 Å². The minimum Gasteiger partial charge on any atom is -0.383 e. The predicted octanol–water partition coefficient (Wildman–Crippen LogP) is 3.57. The van der Waals surface area contributed by atoms with E-state index < -0.39 is 0 Å². The molecule has 0 spiro atoms. The molecular formula is C17H23N3O. The van der Waals surface area contributed by atoms with Crippen LogP contribution in [0.3, 0.4) is 0 Å². The Morgan fingerprint density at radius 2 is 2.19 bits per heavy atom. The average molecular weight is 285 g/mol. The van der Waals surface area contributed by atoms with Crippen LogP contribution in [0.5, 0.6) is 0 Å². The van der Waals surface area contributed by atoms with Gasteiger partial charge < -0.3 is 15.0 Å². The Kier molecular flexibility index (Phi) is 3.97. The van der Waals surface area contributed by atoms with Crippen LogP contribution in [0.25, 0.3) is 11.3 Å². The van der Waals surface area contributed by atoms with Crippen molar-refractivity contribution in [1.29, 1.82) is 0 Å². The van der Waals surface area contributed by atoms with Crippen molar-refractivity contribution in [3.63, 3.8) is 0 Å². The molecule has 1 aromatic heterocycles. The highest BCUT2D eigenvalue weighted by molar-refractivity contribution is 5.71. The molecule has 0 radical (unpaired) electrons. The Morgan fingerprint density at radius 1 is 1.38 bits per heavy atom. The molecule has 4 nitrogen and oxygen atoms in total. The van der Waals surface area contributed by atoms with E-state index in [0.717, 1.165) is 41.3 Å². The zero-order valence-corrected chi connectivity index (χ0v) is 12.8. The largest absolute Gasteiger partial charge is 0.383 e. The SMILES string of the molecule is CCCc1nc(-c2cccc(COC)c2)c(N)n1C1CC1. The molecule has 0 unspecified atom stereocenters. The van der Waals surface area contributed by atoms with Crippen LogP contribution in [0.2, 0.25) is 0 Å². The maximum absolute atomic E-state index is 6.40. The number of imidazole rings is 1. The van der Waals surface area contributed by atoms with Crippen LogP contribution in [0.15, 0.2) is 24.3 Å². The Hall–Kier alpha value is -1.81. The van der Waals surface area contributed by atoms with E-state index in [-0.39, 0.29) is 0 Å². The topological polar surface area (TPSA) is 53.1 Å². The van der Waals surface area contributed by atoms with Gasteiger partial charge in [0.1, 0.15) is 17.3 Å². The summed E-state index contributed by atoms with van der Waals surface area (Å²) < 4.78 is 7.46. The summed E-state index contributed by atoms with van der Waals surface area (Å²) >= 11 is 0. The molecule has 1 aliphatic rings. The summed E-state index contributed by atoms with van der Waals surface area (Å²) in [6.45, 7) is 2.79. The molecular weight excluding hydrogens is 262 g/mol. The number of hydrogen-bond acceptors (Lipinski definition) is 3. The number of aromatic nitrogens is 2. The molecule has 0 atom stereocenters. The fourth-order valence-corrected chi connectivity index (χ4v) is 2.82. The Bertz CT molecular complexity index is 629. The molecule has 4 heteroatoms. The maximum atomic E-state index is 6.40. The Balaban J connectivity index is 2.01. The summed E-state index contributed by atoms with van der Waals surface area (Å²) in [7, 11) is 1.71. The molecule has 0 saturated heterocycles. The number of anilines is 1. The first kappa shape index (κ1) is 14.1. The van der Waals surface area contributed by atoms with Gasteiger partial charge in [0.2, 0.25) is 0 Å². The number of ether oxygens (including phenoxy) is 1. The summed E-state index contributed by atoms with van der Waals surface area (Å²) in [5, 5.41) is 0. The van der Waals surface area contributed by atoms with E-state index in [4.69, 9.17) is 15.5 Å². The van der Waals surface area contributed by atoms with Gasteiger partial charge in [-0.05, 0) is 30.9 Å². The molecule has 1 fully saturated rings. The van der Waals surface area contributed by atoms with Crippen molar-refractivity contribution >= 4 is 5.82 Å². The number of nitrogens with two attached hydrogens (primary N) is 1. The van der Waals surface area contributed by atoms with Gasteiger partial charge in [0.25, 0.3) is 0 Å². The lowest BCUT2D eigenvalue weighted by molar-refractivity contribution is 0.185. The van der Waals surface area contributed by atoms with Gasteiger partial charge in [-0.1, -0.05) is 25.1 Å². The van der Waals surface area contributed by atoms with E-state index in [1.807, 2.05) is 6.07 Å². The highest BCUT2D eigenvalue weighted by atomic mass is 16.5. The van der Waals surface area contributed by atoms with Gasteiger partial charge in [0.15, 0.2) is 0 Å². The number of nitrogens with zero attached hydrogens (tertiary/aromatic N) is 2. The molecule has 1 aliphatic carbocycles. The first-order valence-electron chi connectivity index (χ1n) is 7.69. The molecule has 112 valence electrons. The first-order valence-corrected chi connectivity index (χ1v) is 7.69. The molecule has 1 saturated carbocycles. The molecule has 0 bridgehead atoms. The summed E-state index contributed by atoms with van der Waals surface area (Å²) in [6, 6.07) is 8.86. The average Bonchev–Trinajstić information content (AvgIpc) is 3.25. The number of benzene rings is 1. The quantitative estimate of drug-likeness (QED) is 0.882. The number of nitrogen functional groups attached to an aromatic ring is 1. The second-order valence-electron chi connectivity index (χ2n) is 5.75. The Labute approximate surface area is 125 Å². The van der Waals surface area contributed by atoms with Crippen LogP contribution in [0.1, 0.15) is 43.6 Å². The highest BCUT2D eigenvalue weighted by Crippen LogP contribution is 2.41. The smallest absolute Gasteiger partial charge is 0.131 e. The fourth-order valence-electron chi connectivity index (χ4n) is 2.82. The lowest BCUT2D eigenvalue weighted by Gasteiger charge is -2.07. The van der Waals surface area contributed by atoms with Crippen LogP contribution in [0, 0.1) is 0 Å². The zero-order valence-electron chi connectivity index (χ0n) is 12.8. The second-order valence-corrected chi connectivity index (χ2v) is 5.75. The third-order valence-electron chi connectivity index (χ3n) is 3.92. The Morgan fingerprint density at radius 3 is 2.86 bits per heavy atom. The molecule has 1 heterocycles. The predicted molar refractivity (Wildman–Crippen MR) is 85.1 cm³/mol.